The lowest BCUT2D eigenvalue weighted by molar-refractivity contribution is -0.139. The Morgan fingerprint density at radius 1 is 0.526 bits per heavy atom. The Balaban J connectivity index is 0.000000243. The second kappa shape index (κ2) is 27.7. The third-order valence-corrected chi connectivity index (χ3v) is 15.9. The van der Waals surface area contributed by atoms with Crippen LogP contribution in [0.15, 0.2) is 53.5 Å². The number of para-hydroxylation sites is 2. The van der Waals surface area contributed by atoms with Crippen LogP contribution in [0.4, 0.5) is 11.4 Å². The van der Waals surface area contributed by atoms with E-state index in [2.05, 4.69) is 77.5 Å². The van der Waals surface area contributed by atoms with Crippen molar-refractivity contribution >= 4 is 74.4 Å². The highest BCUT2D eigenvalue weighted by atomic mass is 32.2. The zero-order valence-electron chi connectivity index (χ0n) is 49.6. The van der Waals surface area contributed by atoms with E-state index in [0.717, 1.165) is 74.4 Å². The monoisotopic (exact) mass is 1090 g/mol. The van der Waals surface area contributed by atoms with Crippen molar-refractivity contribution in [3.63, 3.8) is 0 Å². The first-order valence-electron chi connectivity index (χ1n) is 27.5. The van der Waals surface area contributed by atoms with E-state index in [4.69, 9.17) is 12.2 Å². The third kappa shape index (κ3) is 19.6. The van der Waals surface area contributed by atoms with Crippen LogP contribution >= 0.6 is 12.2 Å². The Kier molecular flexibility index (Phi) is 23.9. The fraction of sp³-hybridized carbons (Fsp3) is 0.678. The summed E-state index contributed by atoms with van der Waals surface area (Å²) in [6.07, 6.45) is 12.3. The maximum Gasteiger partial charge on any atom is 0.253 e. The van der Waals surface area contributed by atoms with Gasteiger partial charge in [0.1, 0.15) is 6.54 Å². The Hall–Kier alpha value is -4.74. The fourth-order valence-corrected chi connectivity index (χ4v) is 12.1. The molecule has 2 aromatic rings. The van der Waals surface area contributed by atoms with Crippen molar-refractivity contribution in [3.8, 4) is 0 Å². The number of carbonyl (C=O) groups is 5. The molecule has 0 radical (unpaired) electrons. The molecule has 2 aromatic carbocycles. The minimum absolute atomic E-state index is 0.0253. The number of rotatable bonds is 1. The normalized spacial score (nSPS) is 19.4. The molecule has 0 spiro atoms. The highest BCUT2D eigenvalue weighted by molar-refractivity contribution is 7.89. The largest absolute Gasteiger partial charge is 0.361 e. The van der Waals surface area contributed by atoms with Crippen molar-refractivity contribution in [2.75, 3.05) is 54.8 Å². The van der Waals surface area contributed by atoms with Gasteiger partial charge in [-0.15, -0.1) is 0 Å². The van der Waals surface area contributed by atoms with Crippen LogP contribution in [0.3, 0.4) is 0 Å². The molecule has 1 N–H and O–H groups in total. The number of piperidine rings is 3. The van der Waals surface area contributed by atoms with Crippen molar-refractivity contribution < 1.29 is 32.4 Å². The quantitative estimate of drug-likeness (QED) is 0.274. The summed E-state index contributed by atoms with van der Waals surface area (Å²) in [5.41, 5.74) is 2.89. The van der Waals surface area contributed by atoms with Crippen LogP contribution in [0.5, 0.6) is 0 Å². The van der Waals surface area contributed by atoms with Gasteiger partial charge in [-0.1, -0.05) is 42.5 Å². The summed E-state index contributed by atoms with van der Waals surface area (Å²) in [4.78, 5) is 73.8. The number of aliphatic imine (C=N–C) groups is 1. The Morgan fingerprint density at radius 3 is 1.37 bits per heavy atom. The molecule has 5 amide bonds. The number of nitrogens with zero attached hydrogens (tertiary/aromatic N) is 7. The van der Waals surface area contributed by atoms with Gasteiger partial charge in [0.25, 0.3) is 5.91 Å². The third-order valence-electron chi connectivity index (χ3n) is 13.4. The number of benzene rings is 2. The van der Waals surface area contributed by atoms with E-state index in [0.29, 0.717) is 35.4 Å². The number of likely N-dealkylation sites (tertiary alicyclic amines) is 3. The Morgan fingerprint density at radius 2 is 0.974 bits per heavy atom. The molecule has 6 heterocycles. The van der Waals surface area contributed by atoms with E-state index in [-0.39, 0.29) is 64.5 Å². The summed E-state index contributed by atoms with van der Waals surface area (Å²) < 4.78 is 23.8. The summed E-state index contributed by atoms with van der Waals surface area (Å²) in [7, 11) is -2.85. The van der Waals surface area contributed by atoms with E-state index in [1.165, 1.54) is 25.7 Å². The van der Waals surface area contributed by atoms with Gasteiger partial charge in [-0.25, -0.2) is 8.42 Å². The summed E-state index contributed by atoms with van der Waals surface area (Å²) in [6.45, 7) is 39.1. The lowest BCUT2D eigenvalue weighted by atomic mass is 10.0. The van der Waals surface area contributed by atoms with Crippen LogP contribution in [0.1, 0.15) is 198 Å². The van der Waals surface area contributed by atoms with Crippen LogP contribution in [-0.2, 0) is 29.2 Å². The molecule has 4 fully saturated rings. The molecule has 0 saturated carbocycles. The van der Waals surface area contributed by atoms with Crippen LogP contribution in [0.2, 0.25) is 0 Å². The molecule has 0 aliphatic carbocycles. The molecule has 76 heavy (non-hydrogen) atoms. The molecule has 0 unspecified atom stereocenters. The number of benzodiazepines with no additional fused rings is 1. The van der Waals surface area contributed by atoms with Gasteiger partial charge in [-0.05, 0) is 187 Å². The first-order valence-corrected chi connectivity index (χ1v) is 29.5. The topological polar surface area (TPSA) is 163 Å². The number of anilines is 2. The number of hydrogen-bond donors (Lipinski definition) is 1. The summed E-state index contributed by atoms with van der Waals surface area (Å²) in [5, 5.41) is 2.62. The summed E-state index contributed by atoms with van der Waals surface area (Å²) in [6, 6.07) is 15.2. The number of amides is 5. The number of hydrogen-bond acceptors (Lipinski definition) is 9. The number of thiocarbonyl (C=S) groups is 1. The zero-order valence-corrected chi connectivity index (χ0v) is 51.2. The highest BCUT2D eigenvalue weighted by Gasteiger charge is 2.35. The SMILES string of the molecule is CC(C)(C)N1C(=O)CN=Cc2ccccc21.CC(C)(C)N1C(=O)CNC(=O)c2ccccc21.CC(C)(C)N1CCCCC1=O.CC(C)(C)N1CCCCC1=O.CC(C)(C)N1CCCCC1=S.CC(C)N1CCCS1(=O)=O. The number of sulfonamides is 1. The lowest BCUT2D eigenvalue weighted by Gasteiger charge is -2.40. The second-order valence-electron chi connectivity index (χ2n) is 25.4. The van der Waals surface area contributed by atoms with Crippen LogP contribution in [0.25, 0.3) is 0 Å². The van der Waals surface area contributed by atoms with E-state index < -0.39 is 10.0 Å². The fourth-order valence-electron chi connectivity index (χ4n) is 9.81. The lowest BCUT2D eigenvalue weighted by Crippen LogP contribution is -2.48. The molecular weight excluding hydrogens is 997 g/mol. The average molecular weight is 1090 g/mol. The molecule has 17 heteroatoms. The van der Waals surface area contributed by atoms with Crippen molar-refractivity contribution in [2.45, 2.75) is 216 Å². The van der Waals surface area contributed by atoms with E-state index in [9.17, 15) is 32.4 Å². The average Bonchev–Trinajstić information content (AvgIpc) is 3.49. The number of nitrogens with one attached hydrogen (secondary N) is 1. The van der Waals surface area contributed by atoms with E-state index in [1.54, 1.807) is 27.6 Å². The molecule has 6 aliphatic heterocycles. The van der Waals surface area contributed by atoms with Crippen molar-refractivity contribution in [1.29, 1.82) is 0 Å². The first-order chi connectivity index (χ1) is 35.0. The van der Waals surface area contributed by atoms with Crippen molar-refractivity contribution in [2.24, 2.45) is 4.99 Å². The van der Waals surface area contributed by atoms with Gasteiger partial charge in [-0.3, -0.25) is 29.0 Å². The van der Waals surface area contributed by atoms with Crippen molar-refractivity contribution in [3.05, 3.63) is 59.7 Å². The molecule has 6 aliphatic rings. The second-order valence-corrected chi connectivity index (χ2v) is 27.9. The molecule has 4 saturated heterocycles. The van der Waals surface area contributed by atoms with E-state index >= 15 is 0 Å². The molecule has 8 rings (SSSR count). The predicted octanol–water partition coefficient (Wildman–Crippen LogP) is 10.4. The zero-order chi connectivity index (χ0) is 57.6. The summed E-state index contributed by atoms with van der Waals surface area (Å²) >= 11 is 5.30. The van der Waals surface area contributed by atoms with E-state index in [1.807, 2.05) is 106 Å². The number of carbonyl (C=O) groups excluding carboxylic acids is 5. The van der Waals surface area contributed by atoms with Gasteiger partial charge >= 0.3 is 0 Å². The summed E-state index contributed by atoms with van der Waals surface area (Å²) in [5.74, 6) is 0.753. The van der Waals surface area contributed by atoms with Crippen LogP contribution in [-0.4, -0.2) is 147 Å². The van der Waals surface area contributed by atoms with Crippen LogP contribution < -0.4 is 15.1 Å². The Bertz CT molecular complexity index is 2350. The maximum atomic E-state index is 12.1. The molecule has 0 aromatic heterocycles. The molecule has 426 valence electrons. The minimum atomic E-state index is -2.85. The first kappa shape index (κ1) is 65.5. The maximum absolute atomic E-state index is 12.1. The van der Waals surface area contributed by atoms with Gasteiger partial charge in [0.05, 0.1) is 34.2 Å². The van der Waals surface area contributed by atoms with Gasteiger partial charge in [0.2, 0.25) is 33.7 Å². The standard InChI is InChI=1S/C13H16N2O2.C13H16N2O.2C9H17NO.C9H17NS.C6H13NO2S/c1-13(2,3)15-10-7-5-4-6-9(10)12(17)14-8-11(15)16;1-13(2,3)15-11-7-5-4-6-10(11)8-14-9-12(15)16;3*1-9(2,3)10-7-5-4-6-8(10)11;1-6(2)7-4-3-5-10(7,8)9/h4-7H,8H2,1-3H3,(H,14,17);4-8H,9H2,1-3H3;3*4-7H2,1-3H3;6H,3-5H2,1-2H3. The molecule has 0 bridgehead atoms. The predicted molar refractivity (Wildman–Crippen MR) is 316 cm³/mol. The van der Waals surface area contributed by atoms with Crippen molar-refractivity contribution in [1.82, 2.24) is 24.3 Å². The minimum Gasteiger partial charge on any atom is -0.361 e. The highest BCUT2D eigenvalue weighted by Crippen LogP contribution is 2.31. The number of fused-ring (bicyclic) bond motifs is 2. The van der Waals surface area contributed by atoms with Gasteiger partial charge in [0.15, 0.2) is 0 Å². The van der Waals surface area contributed by atoms with Gasteiger partial charge in [0, 0.05) is 84.5 Å². The van der Waals surface area contributed by atoms with Gasteiger partial charge < -0.3 is 29.8 Å². The molecule has 0 atom stereocenters. The molecule has 15 nitrogen and oxygen atoms in total. The van der Waals surface area contributed by atoms with Crippen LogP contribution in [0, 0.1) is 0 Å². The smallest absolute Gasteiger partial charge is 0.253 e. The molecular formula is C59H96N8O7S2. The Labute approximate surface area is 464 Å². The van der Waals surface area contributed by atoms with Gasteiger partial charge in [-0.2, -0.15) is 4.31 Å².